The molecular weight excluding hydrogens is 264 g/mol. The number of aryl methyl sites for hydroxylation is 1. The molecule has 0 spiro atoms. The second-order valence-electron chi connectivity index (χ2n) is 4.94. The standard InChI is InChI=1S/C16H12N4O/c1-11-13-9-17-16-14(12-5-3-2-4-6-12)10-18-20(16)15(13)7-8-19(11)21/h2-10H,1H3. The molecule has 0 radical (unpaired) electrons. The summed E-state index contributed by atoms with van der Waals surface area (Å²) in [4.78, 5) is 4.50. The van der Waals surface area contributed by atoms with Crippen molar-refractivity contribution in [3.05, 3.63) is 65.9 Å². The first-order valence-electron chi connectivity index (χ1n) is 6.66. The molecule has 0 unspecified atom stereocenters. The average Bonchev–Trinajstić information content (AvgIpc) is 2.96. The Morgan fingerprint density at radius 2 is 1.90 bits per heavy atom. The maximum Gasteiger partial charge on any atom is 0.200 e. The Bertz CT molecular complexity index is 960. The van der Waals surface area contributed by atoms with Crippen molar-refractivity contribution < 1.29 is 4.73 Å². The molecule has 1 aromatic carbocycles. The van der Waals surface area contributed by atoms with Gasteiger partial charge in [0.25, 0.3) is 0 Å². The summed E-state index contributed by atoms with van der Waals surface area (Å²) in [5, 5.41) is 16.9. The number of hydrogen-bond acceptors (Lipinski definition) is 3. The first-order valence-corrected chi connectivity index (χ1v) is 6.66. The van der Waals surface area contributed by atoms with Gasteiger partial charge in [0.2, 0.25) is 5.69 Å². The van der Waals surface area contributed by atoms with Gasteiger partial charge in [0.1, 0.15) is 0 Å². The fourth-order valence-electron chi connectivity index (χ4n) is 2.58. The van der Waals surface area contributed by atoms with E-state index < -0.39 is 0 Å². The molecular formula is C16H12N4O. The normalized spacial score (nSPS) is 11.3. The number of benzene rings is 1. The molecule has 4 aromatic rings. The van der Waals surface area contributed by atoms with Crippen molar-refractivity contribution in [2.45, 2.75) is 6.92 Å². The number of pyridine rings is 1. The maximum atomic E-state index is 11.7. The van der Waals surface area contributed by atoms with Crippen LogP contribution in [0.3, 0.4) is 0 Å². The van der Waals surface area contributed by atoms with Crippen LogP contribution in [0.25, 0.3) is 27.7 Å². The van der Waals surface area contributed by atoms with Crippen molar-refractivity contribution >= 4 is 16.6 Å². The Morgan fingerprint density at radius 1 is 1.10 bits per heavy atom. The Kier molecular flexibility index (Phi) is 2.41. The lowest BCUT2D eigenvalue weighted by Crippen LogP contribution is -2.29. The van der Waals surface area contributed by atoms with Gasteiger partial charge in [-0.1, -0.05) is 30.3 Å². The van der Waals surface area contributed by atoms with Gasteiger partial charge in [-0.05, 0) is 5.56 Å². The van der Waals surface area contributed by atoms with Gasteiger partial charge in [0, 0.05) is 24.8 Å². The van der Waals surface area contributed by atoms with E-state index in [2.05, 4.69) is 10.1 Å². The third-order valence-corrected chi connectivity index (χ3v) is 3.74. The molecule has 102 valence electrons. The summed E-state index contributed by atoms with van der Waals surface area (Å²) in [6.07, 6.45) is 5.05. The molecule has 0 fully saturated rings. The van der Waals surface area contributed by atoms with Crippen LogP contribution < -0.4 is 4.73 Å². The molecule has 0 amide bonds. The van der Waals surface area contributed by atoms with Crippen LogP contribution in [0.15, 0.2) is 55.0 Å². The summed E-state index contributed by atoms with van der Waals surface area (Å²) >= 11 is 0. The number of aromatic nitrogens is 4. The molecule has 3 aromatic heterocycles. The lowest BCUT2D eigenvalue weighted by molar-refractivity contribution is -0.610. The highest BCUT2D eigenvalue weighted by Gasteiger charge is 2.13. The van der Waals surface area contributed by atoms with Crippen LogP contribution in [-0.4, -0.2) is 14.6 Å². The summed E-state index contributed by atoms with van der Waals surface area (Å²) in [6.45, 7) is 1.78. The van der Waals surface area contributed by atoms with E-state index in [4.69, 9.17) is 0 Å². The monoisotopic (exact) mass is 276 g/mol. The number of hydrogen-bond donors (Lipinski definition) is 0. The van der Waals surface area contributed by atoms with Gasteiger partial charge in [0.15, 0.2) is 11.8 Å². The molecule has 4 rings (SSSR count). The molecule has 0 saturated carbocycles. The van der Waals surface area contributed by atoms with Crippen LogP contribution >= 0.6 is 0 Å². The summed E-state index contributed by atoms with van der Waals surface area (Å²) in [5.41, 5.74) is 4.35. The van der Waals surface area contributed by atoms with E-state index in [0.29, 0.717) is 5.69 Å². The van der Waals surface area contributed by atoms with Crippen molar-refractivity contribution in [3.8, 4) is 11.1 Å². The van der Waals surface area contributed by atoms with Crippen molar-refractivity contribution in [3.63, 3.8) is 0 Å². The van der Waals surface area contributed by atoms with Gasteiger partial charge in [-0.2, -0.15) is 9.83 Å². The van der Waals surface area contributed by atoms with Gasteiger partial charge < -0.3 is 5.21 Å². The minimum atomic E-state index is 0.624. The van der Waals surface area contributed by atoms with Gasteiger partial charge in [-0.25, -0.2) is 9.50 Å². The molecule has 0 aliphatic carbocycles. The zero-order chi connectivity index (χ0) is 14.4. The van der Waals surface area contributed by atoms with Crippen LogP contribution in [0, 0.1) is 12.1 Å². The zero-order valence-electron chi connectivity index (χ0n) is 11.4. The minimum absolute atomic E-state index is 0.624. The molecule has 0 aliphatic heterocycles. The smallest absolute Gasteiger partial charge is 0.200 e. The highest BCUT2D eigenvalue weighted by Crippen LogP contribution is 2.25. The highest BCUT2D eigenvalue weighted by atomic mass is 16.5. The van der Waals surface area contributed by atoms with Crippen molar-refractivity contribution in [1.29, 1.82) is 0 Å². The number of nitrogens with zero attached hydrogens (tertiary/aromatic N) is 4. The fourth-order valence-corrected chi connectivity index (χ4v) is 2.58. The average molecular weight is 276 g/mol. The van der Waals surface area contributed by atoms with Crippen LogP contribution in [0.2, 0.25) is 0 Å². The molecule has 0 aliphatic rings. The van der Waals surface area contributed by atoms with Crippen molar-refractivity contribution in [2.24, 2.45) is 0 Å². The molecule has 5 nitrogen and oxygen atoms in total. The van der Waals surface area contributed by atoms with Crippen LogP contribution in [0.1, 0.15) is 5.69 Å². The van der Waals surface area contributed by atoms with Crippen molar-refractivity contribution in [2.75, 3.05) is 0 Å². The summed E-state index contributed by atoms with van der Waals surface area (Å²) in [7, 11) is 0. The van der Waals surface area contributed by atoms with E-state index in [-0.39, 0.29) is 0 Å². The van der Waals surface area contributed by atoms with Gasteiger partial charge in [-0.3, -0.25) is 0 Å². The molecule has 0 atom stereocenters. The molecule has 3 heterocycles. The van der Waals surface area contributed by atoms with E-state index in [0.717, 1.165) is 32.4 Å². The Labute approximate surface area is 120 Å². The van der Waals surface area contributed by atoms with E-state index in [1.54, 1.807) is 23.7 Å². The third kappa shape index (κ3) is 1.67. The number of fused-ring (bicyclic) bond motifs is 3. The summed E-state index contributed by atoms with van der Waals surface area (Å²) in [5.74, 6) is 0. The second-order valence-corrected chi connectivity index (χ2v) is 4.94. The predicted molar refractivity (Wildman–Crippen MR) is 79.6 cm³/mol. The Morgan fingerprint density at radius 3 is 2.71 bits per heavy atom. The quantitative estimate of drug-likeness (QED) is 0.396. The van der Waals surface area contributed by atoms with E-state index >= 15 is 0 Å². The minimum Gasteiger partial charge on any atom is -0.618 e. The zero-order valence-corrected chi connectivity index (χ0v) is 11.4. The summed E-state index contributed by atoms with van der Waals surface area (Å²) < 4.78 is 2.63. The molecule has 21 heavy (non-hydrogen) atoms. The Balaban J connectivity index is 2.07. The van der Waals surface area contributed by atoms with E-state index in [1.807, 2.05) is 36.5 Å². The van der Waals surface area contributed by atoms with E-state index in [9.17, 15) is 5.21 Å². The SMILES string of the molecule is Cc1c2cnc3c(-c4ccccc4)cnn3c2cc[n+]1[O-]. The van der Waals surface area contributed by atoms with Crippen LogP contribution in [0.4, 0.5) is 0 Å². The first-order chi connectivity index (χ1) is 10.3. The van der Waals surface area contributed by atoms with Gasteiger partial charge in [0.05, 0.1) is 17.1 Å². The van der Waals surface area contributed by atoms with Crippen LogP contribution in [0.5, 0.6) is 0 Å². The fraction of sp³-hybridized carbons (Fsp3) is 0.0625. The van der Waals surface area contributed by atoms with Gasteiger partial charge in [-0.15, -0.1) is 0 Å². The van der Waals surface area contributed by atoms with Crippen LogP contribution in [-0.2, 0) is 0 Å². The molecule has 0 N–H and O–H groups in total. The lowest BCUT2D eigenvalue weighted by Gasteiger charge is -2.05. The largest absolute Gasteiger partial charge is 0.618 e. The first kappa shape index (κ1) is 11.8. The second kappa shape index (κ2) is 4.28. The molecule has 0 saturated heterocycles. The third-order valence-electron chi connectivity index (χ3n) is 3.74. The number of rotatable bonds is 1. The molecule has 0 bridgehead atoms. The summed E-state index contributed by atoms with van der Waals surface area (Å²) in [6, 6.07) is 11.8. The topological polar surface area (TPSA) is 57.1 Å². The predicted octanol–water partition coefficient (Wildman–Crippen LogP) is 2.49. The van der Waals surface area contributed by atoms with E-state index in [1.165, 1.54) is 6.20 Å². The molecule has 5 heteroatoms. The van der Waals surface area contributed by atoms with Gasteiger partial charge >= 0.3 is 0 Å². The van der Waals surface area contributed by atoms with Crippen molar-refractivity contribution in [1.82, 2.24) is 14.6 Å². The lowest BCUT2D eigenvalue weighted by atomic mass is 10.1. The maximum absolute atomic E-state index is 11.7. The highest BCUT2D eigenvalue weighted by molar-refractivity contribution is 5.85. The Hall–Kier alpha value is -2.95.